The first-order valence-corrected chi connectivity index (χ1v) is 5.33. The van der Waals surface area contributed by atoms with E-state index in [9.17, 15) is 4.79 Å². The summed E-state index contributed by atoms with van der Waals surface area (Å²) in [5.74, 6) is 0.796. The number of aromatic nitrogens is 3. The first-order chi connectivity index (χ1) is 7.90. The fourth-order valence-electron chi connectivity index (χ4n) is 2.07. The molecule has 0 fully saturated rings. The molecule has 3 heterocycles. The van der Waals surface area contributed by atoms with E-state index in [1.54, 1.807) is 0 Å². The maximum Gasteiger partial charge on any atom is 0.203 e. The first-order valence-electron chi connectivity index (χ1n) is 5.33. The number of nitrogens with zero attached hydrogens (tertiary/aromatic N) is 2. The summed E-state index contributed by atoms with van der Waals surface area (Å²) < 4.78 is 1.94. The fourth-order valence-corrected chi connectivity index (χ4v) is 2.07. The standard InChI is InChI=1S/C11H12N4O/c16-7-9-10(8-2-4-12-6-8)14-11-13-3-1-5-15(9)11/h2,4,6-7,12H,1,3,5H2,(H,13,14). The van der Waals surface area contributed by atoms with Crippen molar-refractivity contribution in [1.82, 2.24) is 14.5 Å². The predicted octanol–water partition coefficient (Wildman–Crippen LogP) is 1.51. The number of aromatic amines is 1. The molecule has 3 rings (SSSR count). The SMILES string of the molecule is O=Cc1c(-c2cc[nH]c2)nc2n1CCCN2. The molecule has 0 aliphatic carbocycles. The molecular weight excluding hydrogens is 204 g/mol. The Balaban J connectivity index is 2.18. The second-order valence-electron chi connectivity index (χ2n) is 3.82. The van der Waals surface area contributed by atoms with E-state index in [2.05, 4.69) is 15.3 Å². The van der Waals surface area contributed by atoms with Gasteiger partial charge in [-0.05, 0) is 12.5 Å². The Morgan fingerprint density at radius 1 is 1.50 bits per heavy atom. The minimum atomic E-state index is 0.654. The van der Waals surface area contributed by atoms with E-state index in [4.69, 9.17) is 0 Å². The van der Waals surface area contributed by atoms with Gasteiger partial charge in [0, 0.05) is 31.0 Å². The summed E-state index contributed by atoms with van der Waals surface area (Å²) in [4.78, 5) is 18.6. The molecule has 82 valence electrons. The highest BCUT2D eigenvalue weighted by Crippen LogP contribution is 2.26. The van der Waals surface area contributed by atoms with Crippen LogP contribution in [0.3, 0.4) is 0 Å². The molecule has 0 atom stereocenters. The number of anilines is 1. The van der Waals surface area contributed by atoms with Crippen molar-refractivity contribution in [3.8, 4) is 11.3 Å². The average molecular weight is 216 g/mol. The summed E-state index contributed by atoms with van der Waals surface area (Å²) in [6.45, 7) is 1.77. The fraction of sp³-hybridized carbons (Fsp3) is 0.273. The van der Waals surface area contributed by atoms with Crippen LogP contribution in [0, 0.1) is 0 Å². The van der Waals surface area contributed by atoms with Gasteiger partial charge in [0.2, 0.25) is 5.95 Å². The topological polar surface area (TPSA) is 62.7 Å². The third-order valence-corrected chi connectivity index (χ3v) is 2.83. The van der Waals surface area contributed by atoms with Crippen LogP contribution in [0.25, 0.3) is 11.3 Å². The molecular formula is C11H12N4O. The second-order valence-corrected chi connectivity index (χ2v) is 3.82. The van der Waals surface area contributed by atoms with Crippen LogP contribution in [0.5, 0.6) is 0 Å². The highest BCUT2D eigenvalue weighted by atomic mass is 16.1. The maximum absolute atomic E-state index is 11.2. The lowest BCUT2D eigenvalue weighted by Crippen LogP contribution is -2.18. The second kappa shape index (κ2) is 3.52. The molecule has 2 N–H and O–H groups in total. The van der Waals surface area contributed by atoms with E-state index in [0.29, 0.717) is 5.69 Å². The molecule has 0 unspecified atom stereocenters. The van der Waals surface area contributed by atoms with Crippen molar-refractivity contribution in [2.24, 2.45) is 0 Å². The number of rotatable bonds is 2. The lowest BCUT2D eigenvalue weighted by Gasteiger charge is -2.15. The highest BCUT2D eigenvalue weighted by Gasteiger charge is 2.19. The summed E-state index contributed by atoms with van der Waals surface area (Å²) in [7, 11) is 0. The quantitative estimate of drug-likeness (QED) is 0.748. The Labute approximate surface area is 92.5 Å². The summed E-state index contributed by atoms with van der Waals surface area (Å²) in [6.07, 6.45) is 5.58. The van der Waals surface area contributed by atoms with Crippen LogP contribution < -0.4 is 5.32 Å². The monoisotopic (exact) mass is 216 g/mol. The van der Waals surface area contributed by atoms with Crippen molar-refractivity contribution in [1.29, 1.82) is 0 Å². The maximum atomic E-state index is 11.2. The van der Waals surface area contributed by atoms with Crippen molar-refractivity contribution in [3.63, 3.8) is 0 Å². The van der Waals surface area contributed by atoms with E-state index >= 15 is 0 Å². The third-order valence-electron chi connectivity index (χ3n) is 2.83. The summed E-state index contributed by atoms with van der Waals surface area (Å²) >= 11 is 0. The van der Waals surface area contributed by atoms with Crippen LogP contribution in [0.2, 0.25) is 0 Å². The van der Waals surface area contributed by atoms with Gasteiger partial charge < -0.3 is 14.9 Å². The van der Waals surface area contributed by atoms with Gasteiger partial charge in [-0.2, -0.15) is 0 Å². The van der Waals surface area contributed by atoms with Gasteiger partial charge in [-0.3, -0.25) is 4.79 Å². The molecule has 0 bridgehead atoms. The molecule has 1 aliphatic heterocycles. The molecule has 0 aromatic carbocycles. The Bertz CT molecular complexity index is 512. The minimum absolute atomic E-state index is 0.654. The molecule has 5 heteroatoms. The Morgan fingerprint density at radius 2 is 2.44 bits per heavy atom. The van der Waals surface area contributed by atoms with Gasteiger partial charge in [0.1, 0.15) is 11.4 Å². The van der Waals surface area contributed by atoms with Crippen LogP contribution in [-0.4, -0.2) is 27.4 Å². The van der Waals surface area contributed by atoms with Gasteiger partial charge >= 0.3 is 0 Å². The number of H-pyrrole nitrogens is 1. The minimum Gasteiger partial charge on any atom is -0.367 e. The molecule has 16 heavy (non-hydrogen) atoms. The molecule has 0 spiro atoms. The Kier molecular flexibility index (Phi) is 2.02. The zero-order valence-electron chi connectivity index (χ0n) is 8.73. The van der Waals surface area contributed by atoms with Crippen molar-refractivity contribution in [2.75, 3.05) is 11.9 Å². The Morgan fingerprint density at radius 3 is 3.19 bits per heavy atom. The number of carbonyl (C=O) groups excluding carboxylic acids is 1. The van der Waals surface area contributed by atoms with Crippen molar-refractivity contribution in [2.45, 2.75) is 13.0 Å². The summed E-state index contributed by atoms with van der Waals surface area (Å²) in [6, 6.07) is 1.92. The van der Waals surface area contributed by atoms with Gasteiger partial charge in [-0.25, -0.2) is 4.98 Å². The van der Waals surface area contributed by atoms with Crippen molar-refractivity contribution in [3.05, 3.63) is 24.2 Å². The van der Waals surface area contributed by atoms with Crippen LogP contribution in [0.1, 0.15) is 16.9 Å². The van der Waals surface area contributed by atoms with Crippen molar-refractivity contribution < 1.29 is 4.79 Å². The lowest BCUT2D eigenvalue weighted by atomic mass is 10.2. The van der Waals surface area contributed by atoms with Crippen LogP contribution in [-0.2, 0) is 6.54 Å². The van der Waals surface area contributed by atoms with E-state index < -0.39 is 0 Å². The lowest BCUT2D eigenvalue weighted by molar-refractivity contribution is 0.111. The first kappa shape index (κ1) is 9.21. The van der Waals surface area contributed by atoms with E-state index in [0.717, 1.165) is 43.0 Å². The molecule has 2 aromatic heterocycles. The predicted molar refractivity (Wildman–Crippen MR) is 60.5 cm³/mol. The van der Waals surface area contributed by atoms with Gasteiger partial charge in [-0.1, -0.05) is 0 Å². The van der Waals surface area contributed by atoms with Gasteiger partial charge in [0.25, 0.3) is 0 Å². The van der Waals surface area contributed by atoms with Gasteiger partial charge in [0.05, 0.1) is 0 Å². The Hall–Kier alpha value is -2.04. The number of imidazole rings is 1. The van der Waals surface area contributed by atoms with Crippen LogP contribution in [0.15, 0.2) is 18.5 Å². The number of hydrogen-bond acceptors (Lipinski definition) is 3. The number of fused-ring (bicyclic) bond motifs is 1. The molecule has 0 saturated carbocycles. The molecule has 0 saturated heterocycles. The molecule has 2 aromatic rings. The largest absolute Gasteiger partial charge is 0.367 e. The molecule has 0 radical (unpaired) electrons. The average Bonchev–Trinajstić information content (AvgIpc) is 2.95. The number of carbonyl (C=O) groups is 1. The summed E-state index contributed by atoms with van der Waals surface area (Å²) in [5.41, 5.74) is 2.35. The zero-order valence-corrected chi connectivity index (χ0v) is 8.73. The van der Waals surface area contributed by atoms with Gasteiger partial charge in [0.15, 0.2) is 6.29 Å². The smallest absolute Gasteiger partial charge is 0.203 e. The third kappa shape index (κ3) is 1.25. The van der Waals surface area contributed by atoms with Crippen LogP contribution >= 0.6 is 0 Å². The number of nitrogens with one attached hydrogen (secondary N) is 2. The molecule has 5 nitrogen and oxygen atoms in total. The highest BCUT2D eigenvalue weighted by molar-refractivity contribution is 5.85. The van der Waals surface area contributed by atoms with E-state index in [1.807, 2.05) is 23.0 Å². The number of hydrogen-bond donors (Lipinski definition) is 2. The number of aldehydes is 1. The molecule has 0 amide bonds. The molecule has 1 aliphatic rings. The van der Waals surface area contributed by atoms with Crippen LogP contribution in [0.4, 0.5) is 5.95 Å². The van der Waals surface area contributed by atoms with E-state index in [-0.39, 0.29) is 0 Å². The van der Waals surface area contributed by atoms with Crippen molar-refractivity contribution >= 4 is 12.2 Å². The zero-order chi connectivity index (χ0) is 11.0. The van der Waals surface area contributed by atoms with E-state index in [1.165, 1.54) is 0 Å². The normalized spacial score (nSPS) is 14.2. The summed E-state index contributed by atoms with van der Waals surface area (Å²) in [5, 5.41) is 3.20. The van der Waals surface area contributed by atoms with Gasteiger partial charge in [-0.15, -0.1) is 0 Å².